The Balaban J connectivity index is 2.61. The summed E-state index contributed by atoms with van der Waals surface area (Å²) >= 11 is 0. The summed E-state index contributed by atoms with van der Waals surface area (Å²) in [5.74, 6) is -0.243. The first-order valence-corrected chi connectivity index (χ1v) is 6.00. The molecule has 96 valence electrons. The Hall–Kier alpha value is -1.13. The Morgan fingerprint density at radius 1 is 1.29 bits per heavy atom. The number of hydrogen-bond acceptors (Lipinski definition) is 3. The lowest BCUT2D eigenvalue weighted by Crippen LogP contribution is -2.21. The Morgan fingerprint density at radius 3 is 2.71 bits per heavy atom. The average Bonchev–Trinajstić information content (AvgIpc) is 2.34. The van der Waals surface area contributed by atoms with Crippen molar-refractivity contribution in [2.75, 3.05) is 25.1 Å². The van der Waals surface area contributed by atoms with Gasteiger partial charge in [-0.3, -0.25) is 0 Å². The number of aliphatic hydroxyl groups excluding tert-OH is 1. The minimum absolute atomic E-state index is 0.211. The molecule has 0 atom stereocenters. The van der Waals surface area contributed by atoms with Gasteiger partial charge in [0.2, 0.25) is 0 Å². The predicted octanol–water partition coefficient (Wildman–Crippen LogP) is 1.88. The van der Waals surface area contributed by atoms with Crippen LogP contribution in [-0.2, 0) is 6.54 Å². The maximum absolute atomic E-state index is 13.5. The highest BCUT2D eigenvalue weighted by Gasteiger charge is 2.09. The molecule has 0 saturated carbocycles. The molecule has 3 nitrogen and oxygen atoms in total. The van der Waals surface area contributed by atoms with Gasteiger partial charge in [0.05, 0.1) is 0 Å². The van der Waals surface area contributed by atoms with Crippen LogP contribution in [0.2, 0.25) is 0 Å². The molecule has 4 heteroatoms. The molecule has 1 aromatic rings. The second kappa shape index (κ2) is 7.25. The van der Waals surface area contributed by atoms with Crippen molar-refractivity contribution in [2.45, 2.75) is 25.8 Å². The van der Waals surface area contributed by atoms with Crippen LogP contribution in [0, 0.1) is 5.82 Å². The molecule has 0 aliphatic carbocycles. The van der Waals surface area contributed by atoms with E-state index in [4.69, 9.17) is 10.8 Å². The molecule has 3 N–H and O–H groups in total. The third-order valence-corrected chi connectivity index (χ3v) is 2.86. The molecule has 0 heterocycles. The average molecular weight is 240 g/mol. The molecule has 0 radical (unpaired) electrons. The van der Waals surface area contributed by atoms with E-state index in [1.165, 1.54) is 6.07 Å². The Bertz CT molecular complexity index is 344. The van der Waals surface area contributed by atoms with Crippen molar-refractivity contribution in [1.29, 1.82) is 0 Å². The molecule has 0 amide bonds. The molecule has 0 spiro atoms. The fourth-order valence-electron chi connectivity index (χ4n) is 1.86. The van der Waals surface area contributed by atoms with E-state index in [2.05, 4.69) is 0 Å². The topological polar surface area (TPSA) is 49.5 Å². The largest absolute Gasteiger partial charge is 0.396 e. The second-order valence-corrected chi connectivity index (χ2v) is 4.15. The lowest BCUT2D eigenvalue weighted by molar-refractivity contribution is 0.283. The normalized spacial score (nSPS) is 10.6. The highest BCUT2D eigenvalue weighted by Crippen LogP contribution is 2.22. The summed E-state index contributed by atoms with van der Waals surface area (Å²) in [5.41, 5.74) is 6.99. The van der Waals surface area contributed by atoms with Crippen molar-refractivity contribution in [3.63, 3.8) is 0 Å². The van der Waals surface area contributed by atoms with Gasteiger partial charge in [-0.05, 0) is 31.4 Å². The van der Waals surface area contributed by atoms with Crippen molar-refractivity contribution in [1.82, 2.24) is 0 Å². The number of nitrogens with zero attached hydrogens (tertiary/aromatic N) is 1. The summed E-state index contributed by atoms with van der Waals surface area (Å²) in [6.45, 7) is 1.29. The van der Waals surface area contributed by atoms with Gasteiger partial charge in [0.1, 0.15) is 5.82 Å². The molecule has 0 aliphatic heterocycles. The number of anilines is 1. The van der Waals surface area contributed by atoms with Crippen molar-refractivity contribution < 1.29 is 9.50 Å². The van der Waals surface area contributed by atoms with Gasteiger partial charge in [0, 0.05) is 38.0 Å². The summed E-state index contributed by atoms with van der Waals surface area (Å²) in [6, 6.07) is 5.02. The monoisotopic (exact) mass is 240 g/mol. The third-order valence-electron chi connectivity index (χ3n) is 2.86. The summed E-state index contributed by atoms with van der Waals surface area (Å²) in [7, 11) is 1.94. The number of nitrogens with two attached hydrogens (primary N) is 1. The van der Waals surface area contributed by atoms with Crippen LogP contribution < -0.4 is 10.6 Å². The quantitative estimate of drug-likeness (QED) is 0.715. The maximum atomic E-state index is 13.5. The van der Waals surface area contributed by atoms with Gasteiger partial charge in [-0.1, -0.05) is 6.07 Å². The smallest absolute Gasteiger partial charge is 0.129 e. The zero-order chi connectivity index (χ0) is 12.7. The molecule has 17 heavy (non-hydrogen) atoms. The maximum Gasteiger partial charge on any atom is 0.129 e. The van der Waals surface area contributed by atoms with E-state index >= 15 is 0 Å². The first-order chi connectivity index (χ1) is 8.20. The summed E-state index contributed by atoms with van der Waals surface area (Å²) in [5, 5.41) is 8.69. The van der Waals surface area contributed by atoms with E-state index in [1.807, 2.05) is 18.0 Å². The molecule has 1 rings (SSSR count). The second-order valence-electron chi connectivity index (χ2n) is 4.15. The standard InChI is InChI=1S/C13H21FN2O/c1-16(8-3-2-4-9-17)13-7-5-6-12(14)11(13)10-15/h5-7,17H,2-4,8-10,15H2,1H3. The zero-order valence-electron chi connectivity index (χ0n) is 10.3. The van der Waals surface area contributed by atoms with E-state index in [1.54, 1.807) is 6.07 Å². The lowest BCUT2D eigenvalue weighted by Gasteiger charge is -2.22. The number of rotatable bonds is 7. The first kappa shape index (κ1) is 13.9. The molecule has 0 bridgehead atoms. The van der Waals surface area contributed by atoms with Gasteiger partial charge >= 0.3 is 0 Å². The van der Waals surface area contributed by atoms with Crippen LogP contribution in [-0.4, -0.2) is 25.3 Å². The summed E-state index contributed by atoms with van der Waals surface area (Å²) < 4.78 is 13.5. The van der Waals surface area contributed by atoms with Crippen molar-refractivity contribution >= 4 is 5.69 Å². The summed E-state index contributed by atoms with van der Waals surface area (Å²) in [4.78, 5) is 2.02. The van der Waals surface area contributed by atoms with Crippen LogP contribution in [0.1, 0.15) is 24.8 Å². The van der Waals surface area contributed by atoms with E-state index in [-0.39, 0.29) is 19.0 Å². The van der Waals surface area contributed by atoms with Crippen molar-refractivity contribution in [3.8, 4) is 0 Å². The van der Waals surface area contributed by atoms with Gasteiger partial charge in [0.25, 0.3) is 0 Å². The molecular formula is C13H21FN2O. The van der Waals surface area contributed by atoms with E-state index in [0.29, 0.717) is 5.56 Å². The highest BCUT2D eigenvalue weighted by molar-refractivity contribution is 5.53. The van der Waals surface area contributed by atoms with Crippen LogP contribution in [0.5, 0.6) is 0 Å². The Kier molecular flexibility index (Phi) is 5.94. The van der Waals surface area contributed by atoms with Crippen LogP contribution in [0.15, 0.2) is 18.2 Å². The summed E-state index contributed by atoms with van der Waals surface area (Å²) in [6.07, 6.45) is 2.78. The van der Waals surface area contributed by atoms with E-state index in [0.717, 1.165) is 31.5 Å². The van der Waals surface area contributed by atoms with Crippen LogP contribution in [0.4, 0.5) is 10.1 Å². The molecule has 0 aromatic heterocycles. The minimum atomic E-state index is -0.243. The van der Waals surface area contributed by atoms with Gasteiger partial charge in [-0.25, -0.2) is 4.39 Å². The molecular weight excluding hydrogens is 219 g/mol. The first-order valence-electron chi connectivity index (χ1n) is 6.00. The number of halogens is 1. The van der Waals surface area contributed by atoms with Gasteiger partial charge in [-0.15, -0.1) is 0 Å². The molecule has 1 aromatic carbocycles. The number of unbranched alkanes of at least 4 members (excludes halogenated alkanes) is 2. The SMILES string of the molecule is CN(CCCCCO)c1cccc(F)c1CN. The van der Waals surface area contributed by atoms with Crippen LogP contribution in [0.25, 0.3) is 0 Å². The van der Waals surface area contributed by atoms with Crippen LogP contribution in [0.3, 0.4) is 0 Å². The van der Waals surface area contributed by atoms with Gasteiger partial charge < -0.3 is 15.7 Å². The van der Waals surface area contributed by atoms with E-state index in [9.17, 15) is 4.39 Å². The van der Waals surface area contributed by atoms with Crippen LogP contribution >= 0.6 is 0 Å². The molecule has 0 aliphatic rings. The Morgan fingerprint density at radius 2 is 2.06 bits per heavy atom. The van der Waals surface area contributed by atoms with E-state index < -0.39 is 0 Å². The van der Waals surface area contributed by atoms with Crippen molar-refractivity contribution in [2.24, 2.45) is 5.73 Å². The predicted molar refractivity (Wildman–Crippen MR) is 68.5 cm³/mol. The molecule has 0 fully saturated rings. The number of hydrogen-bond donors (Lipinski definition) is 2. The van der Waals surface area contributed by atoms with Gasteiger partial charge in [0.15, 0.2) is 0 Å². The third kappa shape index (κ3) is 3.98. The number of benzene rings is 1. The highest BCUT2D eigenvalue weighted by atomic mass is 19.1. The Labute approximate surface area is 102 Å². The zero-order valence-corrected chi connectivity index (χ0v) is 10.3. The van der Waals surface area contributed by atoms with Gasteiger partial charge in [-0.2, -0.15) is 0 Å². The van der Waals surface area contributed by atoms with Crippen molar-refractivity contribution in [3.05, 3.63) is 29.6 Å². The fraction of sp³-hybridized carbons (Fsp3) is 0.538. The number of aliphatic hydroxyl groups is 1. The molecule has 0 unspecified atom stereocenters. The lowest BCUT2D eigenvalue weighted by atomic mass is 10.1. The minimum Gasteiger partial charge on any atom is -0.396 e. The molecule has 0 saturated heterocycles. The fourth-order valence-corrected chi connectivity index (χ4v) is 1.86.